The number of carboxylic acids is 1. The third-order valence-electron chi connectivity index (χ3n) is 2.34. The Balaban J connectivity index is 2.47. The predicted octanol–water partition coefficient (Wildman–Crippen LogP) is 0.942. The summed E-state index contributed by atoms with van der Waals surface area (Å²) in [6.07, 6.45) is 1.24. The Morgan fingerprint density at radius 3 is 3.07 bits per heavy atom. The van der Waals surface area contributed by atoms with E-state index in [2.05, 4.69) is 4.98 Å². The highest BCUT2D eigenvalue weighted by molar-refractivity contribution is 5.94. The molecule has 78 valence electrons. The van der Waals surface area contributed by atoms with Crippen LogP contribution in [0.4, 0.5) is 0 Å². The average Bonchev–Trinajstić information content (AvgIpc) is 2.39. The highest BCUT2D eigenvalue weighted by Gasteiger charge is 2.44. The summed E-state index contributed by atoms with van der Waals surface area (Å²) in [5.41, 5.74) is -0.391. The van der Waals surface area contributed by atoms with Crippen molar-refractivity contribution in [1.82, 2.24) is 4.98 Å². The molecule has 0 saturated heterocycles. The molecule has 1 aliphatic heterocycles. The molecule has 15 heavy (non-hydrogen) atoms. The van der Waals surface area contributed by atoms with E-state index in [0.717, 1.165) is 0 Å². The van der Waals surface area contributed by atoms with Gasteiger partial charge in [0.15, 0.2) is 5.60 Å². The van der Waals surface area contributed by atoms with Crippen LogP contribution in [-0.2, 0) is 15.1 Å². The number of aliphatic carboxylic acids is 1. The Hall–Kier alpha value is -1.91. The van der Waals surface area contributed by atoms with Crippen molar-refractivity contribution in [2.75, 3.05) is 0 Å². The first-order valence-electron chi connectivity index (χ1n) is 4.43. The zero-order chi connectivity index (χ0) is 11.1. The maximum absolute atomic E-state index is 11.4. The molecule has 0 aliphatic carbocycles. The normalized spacial score (nSPS) is 23.4. The van der Waals surface area contributed by atoms with Gasteiger partial charge in [0.1, 0.15) is 0 Å². The monoisotopic (exact) mass is 207 g/mol. The number of rotatable bonds is 2. The molecule has 0 unspecified atom stereocenters. The fraction of sp³-hybridized carbons (Fsp3) is 0.300. The van der Waals surface area contributed by atoms with E-state index in [1.54, 1.807) is 19.1 Å². The van der Waals surface area contributed by atoms with Gasteiger partial charge in [-0.3, -0.25) is 9.78 Å². The Kier molecular flexibility index (Phi) is 1.96. The third kappa shape index (κ3) is 1.45. The summed E-state index contributed by atoms with van der Waals surface area (Å²) in [6.45, 7) is 1.55. The number of carboxylic acid groups (broad SMARTS) is 1. The second-order valence-corrected chi connectivity index (χ2v) is 3.59. The fourth-order valence-electron chi connectivity index (χ4n) is 1.71. The van der Waals surface area contributed by atoms with Crippen molar-refractivity contribution in [3.63, 3.8) is 0 Å². The third-order valence-corrected chi connectivity index (χ3v) is 2.34. The van der Waals surface area contributed by atoms with E-state index in [1.165, 1.54) is 6.20 Å². The largest absolute Gasteiger partial charge is 0.481 e. The number of hydrogen-bond acceptors (Lipinski definition) is 4. The van der Waals surface area contributed by atoms with Crippen LogP contribution in [-0.4, -0.2) is 22.0 Å². The predicted molar refractivity (Wildman–Crippen MR) is 49.3 cm³/mol. The van der Waals surface area contributed by atoms with Crippen molar-refractivity contribution in [3.8, 4) is 0 Å². The van der Waals surface area contributed by atoms with Gasteiger partial charge in [0.05, 0.1) is 17.7 Å². The van der Waals surface area contributed by atoms with Gasteiger partial charge in [0.25, 0.3) is 0 Å². The molecule has 0 radical (unpaired) electrons. The first-order valence-corrected chi connectivity index (χ1v) is 4.43. The number of carbonyl (C=O) groups excluding carboxylic acids is 1. The van der Waals surface area contributed by atoms with Crippen LogP contribution in [0, 0.1) is 0 Å². The summed E-state index contributed by atoms with van der Waals surface area (Å²) in [4.78, 5) is 26.1. The summed E-state index contributed by atoms with van der Waals surface area (Å²) in [5.74, 6) is -1.54. The van der Waals surface area contributed by atoms with Gasteiger partial charge in [0.2, 0.25) is 0 Å². The minimum absolute atomic E-state index is 0.275. The highest BCUT2D eigenvalue weighted by Crippen LogP contribution is 2.36. The van der Waals surface area contributed by atoms with Crippen LogP contribution in [0.1, 0.15) is 29.4 Å². The lowest BCUT2D eigenvalue weighted by Crippen LogP contribution is -2.26. The molecule has 1 aliphatic rings. The maximum atomic E-state index is 11.4. The van der Waals surface area contributed by atoms with E-state index in [9.17, 15) is 9.59 Å². The summed E-state index contributed by atoms with van der Waals surface area (Å²) in [6, 6.07) is 3.20. The number of esters is 1. The number of fused-ring (bicyclic) bond motifs is 1. The Labute approximate surface area is 85.7 Å². The number of pyridine rings is 1. The number of aromatic nitrogens is 1. The standard InChI is InChI=1S/C10H9NO4/c1-10(5-7(12)13)8-6(9(14)15-10)3-2-4-11-8/h2-4H,5H2,1H3,(H,12,13)/t10-/m0/s1. The molecule has 2 heterocycles. The first kappa shape index (κ1) is 9.64. The highest BCUT2D eigenvalue weighted by atomic mass is 16.6. The van der Waals surface area contributed by atoms with E-state index in [4.69, 9.17) is 9.84 Å². The molecule has 0 spiro atoms. The molecule has 1 aromatic rings. The van der Waals surface area contributed by atoms with Crippen molar-refractivity contribution >= 4 is 11.9 Å². The average molecular weight is 207 g/mol. The van der Waals surface area contributed by atoms with Gasteiger partial charge in [-0.1, -0.05) is 0 Å². The maximum Gasteiger partial charge on any atom is 0.341 e. The van der Waals surface area contributed by atoms with Crippen molar-refractivity contribution in [2.45, 2.75) is 18.9 Å². The zero-order valence-electron chi connectivity index (χ0n) is 8.06. The number of ether oxygens (including phenoxy) is 1. The van der Waals surface area contributed by atoms with E-state index < -0.39 is 17.5 Å². The molecule has 1 atom stereocenters. The quantitative estimate of drug-likeness (QED) is 0.730. The van der Waals surface area contributed by atoms with Gasteiger partial charge >= 0.3 is 11.9 Å². The first-order chi connectivity index (χ1) is 7.03. The summed E-state index contributed by atoms with van der Waals surface area (Å²) in [7, 11) is 0. The van der Waals surface area contributed by atoms with Crippen LogP contribution < -0.4 is 0 Å². The van der Waals surface area contributed by atoms with Crippen LogP contribution in [0.5, 0.6) is 0 Å². The molecular weight excluding hydrogens is 198 g/mol. The summed E-state index contributed by atoms with van der Waals surface area (Å²) >= 11 is 0. The van der Waals surface area contributed by atoms with Crippen molar-refractivity contribution in [2.24, 2.45) is 0 Å². The minimum Gasteiger partial charge on any atom is -0.481 e. The zero-order valence-corrected chi connectivity index (χ0v) is 8.06. The molecule has 5 heteroatoms. The summed E-state index contributed by atoms with van der Waals surface area (Å²) < 4.78 is 5.05. The van der Waals surface area contributed by atoms with Gasteiger partial charge < -0.3 is 9.84 Å². The SMILES string of the molecule is C[C@@]1(CC(=O)O)OC(=O)c2cccnc21. The van der Waals surface area contributed by atoms with E-state index in [0.29, 0.717) is 11.3 Å². The number of hydrogen-bond donors (Lipinski definition) is 1. The van der Waals surface area contributed by atoms with Crippen LogP contribution in [0.25, 0.3) is 0 Å². The molecule has 0 fully saturated rings. The molecule has 2 rings (SSSR count). The molecule has 0 bridgehead atoms. The van der Waals surface area contributed by atoms with Crippen LogP contribution in [0.2, 0.25) is 0 Å². The van der Waals surface area contributed by atoms with Crippen LogP contribution >= 0.6 is 0 Å². The Morgan fingerprint density at radius 2 is 2.40 bits per heavy atom. The van der Waals surface area contributed by atoms with E-state index in [1.807, 2.05) is 0 Å². The van der Waals surface area contributed by atoms with Gasteiger partial charge in [0, 0.05) is 6.20 Å². The second kappa shape index (κ2) is 3.05. The van der Waals surface area contributed by atoms with E-state index in [-0.39, 0.29) is 6.42 Å². The number of cyclic esters (lactones) is 1. The topological polar surface area (TPSA) is 76.5 Å². The molecule has 0 amide bonds. The van der Waals surface area contributed by atoms with Gasteiger partial charge in [-0.05, 0) is 19.1 Å². The summed E-state index contributed by atoms with van der Waals surface area (Å²) in [5, 5.41) is 8.73. The molecular formula is C10H9NO4. The smallest absolute Gasteiger partial charge is 0.341 e. The molecule has 0 aromatic carbocycles. The van der Waals surface area contributed by atoms with E-state index >= 15 is 0 Å². The molecule has 5 nitrogen and oxygen atoms in total. The Morgan fingerprint density at radius 1 is 1.67 bits per heavy atom. The van der Waals surface area contributed by atoms with Crippen molar-refractivity contribution < 1.29 is 19.4 Å². The van der Waals surface area contributed by atoms with Crippen molar-refractivity contribution in [1.29, 1.82) is 0 Å². The Bertz CT molecular complexity index is 439. The molecule has 1 N–H and O–H groups in total. The lowest BCUT2D eigenvalue weighted by Gasteiger charge is -2.20. The minimum atomic E-state index is -1.14. The van der Waals surface area contributed by atoms with Gasteiger partial charge in [-0.2, -0.15) is 0 Å². The number of carbonyl (C=O) groups is 2. The van der Waals surface area contributed by atoms with Crippen LogP contribution in [0.15, 0.2) is 18.3 Å². The lowest BCUT2D eigenvalue weighted by atomic mass is 9.96. The fourth-order valence-corrected chi connectivity index (χ4v) is 1.71. The van der Waals surface area contributed by atoms with Gasteiger partial charge in [-0.25, -0.2) is 4.79 Å². The molecule has 1 aromatic heterocycles. The van der Waals surface area contributed by atoms with Crippen molar-refractivity contribution in [3.05, 3.63) is 29.6 Å². The molecule has 0 saturated carbocycles. The number of nitrogens with zero attached hydrogens (tertiary/aromatic N) is 1. The van der Waals surface area contributed by atoms with Crippen LogP contribution in [0.3, 0.4) is 0 Å². The lowest BCUT2D eigenvalue weighted by molar-refractivity contribution is -0.142. The second-order valence-electron chi connectivity index (χ2n) is 3.59. The van der Waals surface area contributed by atoms with Gasteiger partial charge in [-0.15, -0.1) is 0 Å².